The molecule has 0 saturated heterocycles. The van der Waals surface area contributed by atoms with Crippen LogP contribution in [0.4, 0.5) is 0 Å². The Bertz CT molecular complexity index is 787. The van der Waals surface area contributed by atoms with E-state index in [-0.39, 0.29) is 24.3 Å². The average Bonchev–Trinajstić information content (AvgIpc) is 2.62. The largest absolute Gasteiger partial charge is 0.486 e. The van der Waals surface area contributed by atoms with E-state index in [4.69, 9.17) is 32.7 Å². The van der Waals surface area contributed by atoms with Gasteiger partial charge in [0.15, 0.2) is 11.5 Å². The highest BCUT2D eigenvalue weighted by Crippen LogP contribution is 2.34. The first-order valence-corrected chi connectivity index (χ1v) is 9.33. The van der Waals surface area contributed by atoms with E-state index in [2.05, 4.69) is 19.2 Å². The number of benzene rings is 2. The van der Waals surface area contributed by atoms with Crippen LogP contribution >= 0.6 is 23.2 Å². The van der Waals surface area contributed by atoms with E-state index in [0.29, 0.717) is 34.6 Å². The standard InChI is InChI=1S/C20H21Cl2NO3/c1-12(2)20(13-6-7-17-18(10-13)26-9-8-25-17)23-19(24)11-14-15(21)4-3-5-16(14)22/h3-7,10,12,20H,8-9,11H2,1-2H3,(H,23,24)/t20-/m0/s1. The van der Waals surface area contributed by atoms with Crippen molar-refractivity contribution in [1.29, 1.82) is 0 Å². The fourth-order valence-electron chi connectivity index (χ4n) is 2.97. The summed E-state index contributed by atoms with van der Waals surface area (Å²) in [5, 5.41) is 4.08. The molecule has 6 heteroatoms. The summed E-state index contributed by atoms with van der Waals surface area (Å²) in [6.45, 7) is 5.20. The molecule has 0 aromatic heterocycles. The number of hydrogen-bond donors (Lipinski definition) is 1. The maximum atomic E-state index is 12.6. The molecule has 2 aromatic rings. The first-order valence-electron chi connectivity index (χ1n) is 8.57. The Morgan fingerprint density at radius 3 is 2.38 bits per heavy atom. The highest BCUT2D eigenvalue weighted by molar-refractivity contribution is 6.36. The number of halogens is 2. The van der Waals surface area contributed by atoms with Gasteiger partial charge in [0.1, 0.15) is 13.2 Å². The summed E-state index contributed by atoms with van der Waals surface area (Å²) in [5.41, 5.74) is 1.61. The fraction of sp³-hybridized carbons (Fsp3) is 0.350. The predicted molar refractivity (Wildman–Crippen MR) is 103 cm³/mol. The number of rotatable bonds is 5. The lowest BCUT2D eigenvalue weighted by Gasteiger charge is -2.25. The first-order chi connectivity index (χ1) is 12.5. The molecule has 0 saturated carbocycles. The van der Waals surface area contributed by atoms with Crippen LogP contribution in [-0.2, 0) is 11.2 Å². The van der Waals surface area contributed by atoms with Crippen molar-refractivity contribution in [3.05, 3.63) is 57.6 Å². The van der Waals surface area contributed by atoms with Gasteiger partial charge in [0, 0.05) is 10.0 Å². The normalized spacial score (nSPS) is 14.2. The zero-order chi connectivity index (χ0) is 18.7. The molecule has 0 bridgehead atoms. The van der Waals surface area contributed by atoms with Crippen LogP contribution in [0.1, 0.15) is 31.0 Å². The van der Waals surface area contributed by atoms with E-state index in [1.165, 1.54) is 0 Å². The molecular formula is C20H21Cl2NO3. The molecular weight excluding hydrogens is 373 g/mol. The lowest BCUT2D eigenvalue weighted by Crippen LogP contribution is -2.33. The van der Waals surface area contributed by atoms with Gasteiger partial charge in [-0.15, -0.1) is 0 Å². The van der Waals surface area contributed by atoms with Gasteiger partial charge < -0.3 is 14.8 Å². The lowest BCUT2D eigenvalue weighted by molar-refractivity contribution is -0.121. The molecule has 0 radical (unpaired) electrons. The van der Waals surface area contributed by atoms with Gasteiger partial charge in [0.05, 0.1) is 12.5 Å². The van der Waals surface area contributed by atoms with Crippen molar-refractivity contribution < 1.29 is 14.3 Å². The van der Waals surface area contributed by atoms with Crippen LogP contribution in [0.15, 0.2) is 36.4 Å². The zero-order valence-electron chi connectivity index (χ0n) is 14.7. The molecule has 2 aromatic carbocycles. The Morgan fingerprint density at radius 2 is 1.73 bits per heavy atom. The number of hydrogen-bond acceptors (Lipinski definition) is 3. The summed E-state index contributed by atoms with van der Waals surface area (Å²) in [7, 11) is 0. The number of carbonyl (C=O) groups excluding carboxylic acids is 1. The molecule has 1 amide bonds. The third-order valence-electron chi connectivity index (χ3n) is 4.31. The smallest absolute Gasteiger partial charge is 0.225 e. The second kappa shape index (κ2) is 8.19. The summed E-state index contributed by atoms with van der Waals surface area (Å²) in [6.07, 6.45) is 0.131. The van der Waals surface area contributed by atoms with Crippen LogP contribution < -0.4 is 14.8 Å². The average molecular weight is 394 g/mol. The maximum Gasteiger partial charge on any atom is 0.225 e. The molecule has 0 fully saturated rings. The van der Waals surface area contributed by atoms with Crippen molar-refractivity contribution in [3.8, 4) is 11.5 Å². The molecule has 1 aliphatic heterocycles. The molecule has 138 valence electrons. The third kappa shape index (κ3) is 4.25. The van der Waals surface area contributed by atoms with Crippen molar-refractivity contribution in [2.24, 2.45) is 5.92 Å². The van der Waals surface area contributed by atoms with Crippen LogP contribution in [-0.4, -0.2) is 19.1 Å². The fourth-order valence-corrected chi connectivity index (χ4v) is 3.51. The Balaban J connectivity index is 1.77. The molecule has 1 atom stereocenters. The summed E-state index contributed by atoms with van der Waals surface area (Å²) >= 11 is 12.3. The molecule has 3 rings (SSSR count). The first kappa shape index (κ1) is 18.9. The number of fused-ring (bicyclic) bond motifs is 1. The second-order valence-corrected chi connectivity index (χ2v) is 7.38. The number of amides is 1. The van der Waals surface area contributed by atoms with Gasteiger partial charge >= 0.3 is 0 Å². The minimum absolute atomic E-state index is 0.131. The highest BCUT2D eigenvalue weighted by Gasteiger charge is 2.22. The van der Waals surface area contributed by atoms with Crippen LogP contribution in [0.25, 0.3) is 0 Å². The topological polar surface area (TPSA) is 47.6 Å². The van der Waals surface area contributed by atoms with Gasteiger partial charge in [-0.2, -0.15) is 0 Å². The van der Waals surface area contributed by atoms with E-state index >= 15 is 0 Å². The number of nitrogens with one attached hydrogen (secondary N) is 1. The van der Waals surface area contributed by atoms with Gasteiger partial charge in [0.2, 0.25) is 5.91 Å². The lowest BCUT2D eigenvalue weighted by atomic mass is 9.95. The summed E-state index contributed by atoms with van der Waals surface area (Å²) in [4.78, 5) is 12.6. The van der Waals surface area contributed by atoms with E-state index in [1.54, 1.807) is 18.2 Å². The van der Waals surface area contributed by atoms with Crippen molar-refractivity contribution in [2.75, 3.05) is 13.2 Å². The molecule has 0 unspecified atom stereocenters. The second-order valence-electron chi connectivity index (χ2n) is 6.57. The molecule has 4 nitrogen and oxygen atoms in total. The van der Waals surface area contributed by atoms with E-state index in [0.717, 1.165) is 11.3 Å². The summed E-state index contributed by atoms with van der Waals surface area (Å²) < 4.78 is 11.2. The Hall–Kier alpha value is -1.91. The molecule has 1 N–H and O–H groups in total. The van der Waals surface area contributed by atoms with Crippen LogP contribution in [0.5, 0.6) is 11.5 Å². The SMILES string of the molecule is CC(C)[C@H](NC(=O)Cc1c(Cl)cccc1Cl)c1ccc2c(c1)OCCO2. The maximum absolute atomic E-state index is 12.6. The van der Waals surface area contributed by atoms with Crippen LogP contribution in [0.3, 0.4) is 0 Å². The Kier molecular flexibility index (Phi) is 5.94. The van der Waals surface area contributed by atoms with Gasteiger partial charge in [-0.1, -0.05) is 49.2 Å². The van der Waals surface area contributed by atoms with Crippen LogP contribution in [0.2, 0.25) is 10.0 Å². The van der Waals surface area contributed by atoms with Crippen molar-refractivity contribution in [3.63, 3.8) is 0 Å². The number of carbonyl (C=O) groups is 1. The summed E-state index contributed by atoms with van der Waals surface area (Å²) in [6, 6.07) is 10.9. The monoisotopic (exact) mass is 393 g/mol. The minimum atomic E-state index is -0.153. The molecule has 0 aliphatic carbocycles. The Labute approximate surface area is 163 Å². The Morgan fingerprint density at radius 1 is 1.08 bits per heavy atom. The van der Waals surface area contributed by atoms with Gasteiger partial charge in [-0.3, -0.25) is 4.79 Å². The van der Waals surface area contributed by atoms with Crippen molar-refractivity contribution >= 4 is 29.1 Å². The van der Waals surface area contributed by atoms with E-state index in [1.807, 2.05) is 18.2 Å². The highest BCUT2D eigenvalue weighted by atomic mass is 35.5. The van der Waals surface area contributed by atoms with E-state index in [9.17, 15) is 4.79 Å². The minimum Gasteiger partial charge on any atom is -0.486 e. The third-order valence-corrected chi connectivity index (χ3v) is 5.02. The number of ether oxygens (including phenoxy) is 2. The van der Waals surface area contributed by atoms with Gasteiger partial charge in [0.25, 0.3) is 0 Å². The zero-order valence-corrected chi connectivity index (χ0v) is 16.2. The van der Waals surface area contributed by atoms with Crippen molar-refractivity contribution in [2.45, 2.75) is 26.3 Å². The van der Waals surface area contributed by atoms with Crippen molar-refractivity contribution in [1.82, 2.24) is 5.32 Å². The molecule has 26 heavy (non-hydrogen) atoms. The predicted octanol–water partition coefficient (Wildman–Crippen LogP) is 4.82. The van der Waals surface area contributed by atoms with Gasteiger partial charge in [-0.25, -0.2) is 0 Å². The van der Waals surface area contributed by atoms with Gasteiger partial charge in [-0.05, 0) is 41.3 Å². The quantitative estimate of drug-likeness (QED) is 0.791. The van der Waals surface area contributed by atoms with E-state index < -0.39 is 0 Å². The molecule has 0 spiro atoms. The van der Waals surface area contributed by atoms with Crippen LogP contribution in [0, 0.1) is 5.92 Å². The molecule has 1 aliphatic rings. The molecule has 1 heterocycles. The summed E-state index contributed by atoms with van der Waals surface area (Å²) in [5.74, 6) is 1.51.